The molecule has 2 fully saturated rings. The zero-order chi connectivity index (χ0) is 13.2. The maximum absolute atomic E-state index is 13.6. The molecule has 2 unspecified atom stereocenters. The van der Waals surface area contributed by atoms with Crippen molar-refractivity contribution in [2.45, 2.75) is 32.1 Å². The highest BCUT2D eigenvalue weighted by Gasteiger charge is 2.33. The Morgan fingerprint density at radius 3 is 2.84 bits per heavy atom. The molecule has 1 amide bonds. The number of hydrogen-bond donors (Lipinski definition) is 0. The van der Waals surface area contributed by atoms with Gasteiger partial charge < -0.3 is 4.90 Å². The quantitative estimate of drug-likeness (QED) is 0.779. The highest BCUT2D eigenvalue weighted by Crippen LogP contribution is 2.36. The Balaban J connectivity index is 1.73. The van der Waals surface area contributed by atoms with Crippen molar-refractivity contribution in [1.29, 1.82) is 0 Å². The van der Waals surface area contributed by atoms with Crippen LogP contribution in [0.5, 0.6) is 0 Å². The number of aromatic nitrogens is 1. The number of halogens is 1. The normalized spacial score (nSPS) is 26.9. The van der Waals surface area contributed by atoms with Crippen LogP contribution in [0.25, 0.3) is 0 Å². The fraction of sp³-hybridized carbons (Fsp3) is 0.600. The average molecular weight is 262 g/mol. The minimum absolute atomic E-state index is 0.157. The number of piperidine rings is 1. The van der Waals surface area contributed by atoms with E-state index in [2.05, 4.69) is 4.98 Å². The summed E-state index contributed by atoms with van der Waals surface area (Å²) in [4.78, 5) is 17.9. The van der Waals surface area contributed by atoms with Crippen LogP contribution in [0.4, 0.5) is 4.39 Å². The summed E-state index contributed by atoms with van der Waals surface area (Å²) < 4.78 is 13.6. The van der Waals surface area contributed by atoms with Gasteiger partial charge in [-0.2, -0.15) is 0 Å². The Kier molecular flexibility index (Phi) is 3.49. The highest BCUT2D eigenvalue weighted by molar-refractivity contribution is 5.94. The molecule has 1 aromatic rings. The summed E-state index contributed by atoms with van der Waals surface area (Å²) in [5.74, 6) is 0.707. The van der Waals surface area contributed by atoms with Crippen LogP contribution in [0, 0.1) is 17.7 Å². The summed E-state index contributed by atoms with van der Waals surface area (Å²) >= 11 is 0. The zero-order valence-electron chi connectivity index (χ0n) is 11.0. The molecule has 3 rings (SSSR count). The summed E-state index contributed by atoms with van der Waals surface area (Å²) in [7, 11) is 0. The van der Waals surface area contributed by atoms with Gasteiger partial charge in [-0.05, 0) is 30.7 Å². The molecule has 1 saturated heterocycles. The topological polar surface area (TPSA) is 33.2 Å². The van der Waals surface area contributed by atoms with E-state index in [4.69, 9.17) is 0 Å². The van der Waals surface area contributed by atoms with Crippen molar-refractivity contribution in [2.75, 3.05) is 13.1 Å². The lowest BCUT2D eigenvalue weighted by Crippen LogP contribution is -2.45. The second-order valence-electron chi connectivity index (χ2n) is 5.70. The largest absolute Gasteiger partial charge is 0.338 e. The third-order valence-corrected chi connectivity index (χ3v) is 4.58. The van der Waals surface area contributed by atoms with Crippen molar-refractivity contribution in [3.8, 4) is 0 Å². The number of hydrogen-bond acceptors (Lipinski definition) is 2. The monoisotopic (exact) mass is 262 g/mol. The van der Waals surface area contributed by atoms with Gasteiger partial charge in [0.1, 0.15) is 0 Å². The summed E-state index contributed by atoms with van der Waals surface area (Å²) in [5.41, 5.74) is 0.157. The van der Waals surface area contributed by atoms with E-state index in [0.29, 0.717) is 5.92 Å². The molecule has 1 aliphatic carbocycles. The van der Waals surface area contributed by atoms with Crippen molar-refractivity contribution >= 4 is 5.91 Å². The second kappa shape index (κ2) is 5.27. The van der Waals surface area contributed by atoms with Gasteiger partial charge in [-0.3, -0.25) is 9.78 Å². The highest BCUT2D eigenvalue weighted by atomic mass is 19.1. The first-order valence-corrected chi connectivity index (χ1v) is 7.14. The molecule has 3 nitrogen and oxygen atoms in total. The lowest BCUT2D eigenvalue weighted by Gasteiger charge is -2.41. The summed E-state index contributed by atoms with van der Waals surface area (Å²) in [6.45, 7) is 1.56. The van der Waals surface area contributed by atoms with Gasteiger partial charge in [0, 0.05) is 19.3 Å². The van der Waals surface area contributed by atoms with Crippen LogP contribution in [-0.2, 0) is 0 Å². The lowest BCUT2D eigenvalue weighted by atomic mass is 9.75. The van der Waals surface area contributed by atoms with Crippen LogP contribution in [0.2, 0.25) is 0 Å². The fourth-order valence-corrected chi connectivity index (χ4v) is 3.50. The van der Waals surface area contributed by atoms with E-state index in [1.807, 2.05) is 4.90 Å². The molecule has 0 bridgehead atoms. The van der Waals surface area contributed by atoms with Crippen LogP contribution in [0.1, 0.15) is 42.5 Å². The molecule has 0 radical (unpaired) electrons. The predicted octanol–water partition coefficient (Wildman–Crippen LogP) is 2.87. The fourth-order valence-electron chi connectivity index (χ4n) is 3.50. The molecular formula is C15H19FN2O. The standard InChI is InChI=1S/C15H19FN2O/c16-14-9-17-7-5-13(14)15(19)18-8-6-11-3-1-2-4-12(11)10-18/h5,7,9,11-12H,1-4,6,8,10H2. The number of likely N-dealkylation sites (tertiary alicyclic amines) is 1. The first-order chi connectivity index (χ1) is 9.25. The maximum atomic E-state index is 13.6. The van der Waals surface area contributed by atoms with E-state index in [-0.39, 0.29) is 11.5 Å². The molecule has 2 aliphatic rings. The molecule has 1 aliphatic heterocycles. The van der Waals surface area contributed by atoms with Gasteiger partial charge in [-0.15, -0.1) is 0 Å². The first-order valence-electron chi connectivity index (χ1n) is 7.14. The van der Waals surface area contributed by atoms with Gasteiger partial charge in [0.05, 0.1) is 11.8 Å². The molecule has 102 valence electrons. The Bertz CT molecular complexity index is 477. The average Bonchev–Trinajstić information content (AvgIpc) is 2.46. The van der Waals surface area contributed by atoms with E-state index in [1.165, 1.54) is 37.9 Å². The predicted molar refractivity (Wildman–Crippen MR) is 70.2 cm³/mol. The number of rotatable bonds is 1. The number of fused-ring (bicyclic) bond motifs is 1. The Morgan fingerprint density at radius 1 is 1.26 bits per heavy atom. The minimum Gasteiger partial charge on any atom is -0.338 e. The van der Waals surface area contributed by atoms with Gasteiger partial charge in [-0.1, -0.05) is 19.3 Å². The van der Waals surface area contributed by atoms with Gasteiger partial charge in [0.15, 0.2) is 5.82 Å². The van der Waals surface area contributed by atoms with E-state index in [0.717, 1.165) is 31.6 Å². The smallest absolute Gasteiger partial charge is 0.256 e. The van der Waals surface area contributed by atoms with E-state index in [9.17, 15) is 9.18 Å². The van der Waals surface area contributed by atoms with Crippen LogP contribution < -0.4 is 0 Å². The summed E-state index contributed by atoms with van der Waals surface area (Å²) in [5, 5.41) is 0. The molecule has 0 N–H and O–H groups in total. The Hall–Kier alpha value is -1.45. The van der Waals surface area contributed by atoms with E-state index < -0.39 is 5.82 Å². The van der Waals surface area contributed by atoms with Crippen LogP contribution in [0.3, 0.4) is 0 Å². The van der Waals surface area contributed by atoms with Gasteiger partial charge in [0.2, 0.25) is 0 Å². The second-order valence-corrected chi connectivity index (χ2v) is 5.70. The first kappa shape index (κ1) is 12.6. The summed E-state index contributed by atoms with van der Waals surface area (Å²) in [6, 6.07) is 1.48. The van der Waals surface area contributed by atoms with Crippen molar-refractivity contribution in [3.05, 3.63) is 29.8 Å². The number of nitrogens with zero attached hydrogens (tertiary/aromatic N) is 2. The Morgan fingerprint density at radius 2 is 2.05 bits per heavy atom. The number of pyridine rings is 1. The Labute approximate surface area is 112 Å². The number of carbonyl (C=O) groups excluding carboxylic acids is 1. The lowest BCUT2D eigenvalue weighted by molar-refractivity contribution is 0.0516. The number of carbonyl (C=O) groups is 1. The van der Waals surface area contributed by atoms with Crippen molar-refractivity contribution < 1.29 is 9.18 Å². The third kappa shape index (κ3) is 2.48. The molecule has 19 heavy (non-hydrogen) atoms. The molecule has 0 aromatic carbocycles. The molecule has 2 heterocycles. The van der Waals surface area contributed by atoms with Crippen LogP contribution in [-0.4, -0.2) is 28.9 Å². The zero-order valence-corrected chi connectivity index (χ0v) is 11.0. The van der Waals surface area contributed by atoms with E-state index in [1.54, 1.807) is 0 Å². The van der Waals surface area contributed by atoms with Gasteiger partial charge in [-0.25, -0.2) is 4.39 Å². The van der Waals surface area contributed by atoms with Crippen molar-refractivity contribution in [2.24, 2.45) is 11.8 Å². The van der Waals surface area contributed by atoms with Gasteiger partial charge in [0.25, 0.3) is 5.91 Å². The molecule has 1 aromatic heterocycles. The summed E-state index contributed by atoms with van der Waals surface area (Å²) in [6.07, 6.45) is 8.78. The van der Waals surface area contributed by atoms with Crippen molar-refractivity contribution in [1.82, 2.24) is 9.88 Å². The molecule has 2 atom stereocenters. The molecule has 0 spiro atoms. The van der Waals surface area contributed by atoms with E-state index >= 15 is 0 Å². The van der Waals surface area contributed by atoms with Crippen LogP contribution in [0.15, 0.2) is 18.5 Å². The van der Waals surface area contributed by atoms with Gasteiger partial charge >= 0.3 is 0 Å². The third-order valence-electron chi connectivity index (χ3n) is 4.58. The van der Waals surface area contributed by atoms with Crippen LogP contribution >= 0.6 is 0 Å². The van der Waals surface area contributed by atoms with Crippen molar-refractivity contribution in [3.63, 3.8) is 0 Å². The minimum atomic E-state index is -0.515. The molecule has 1 saturated carbocycles. The molecular weight excluding hydrogens is 243 g/mol. The molecule has 4 heteroatoms. The SMILES string of the molecule is O=C(c1ccncc1F)N1CCC2CCCCC2C1. The number of amides is 1. The maximum Gasteiger partial charge on any atom is 0.256 e.